The number of thioether (sulfide) groups is 1. The van der Waals surface area contributed by atoms with E-state index in [0.29, 0.717) is 11.5 Å². The first-order valence-corrected chi connectivity index (χ1v) is 12.5. The van der Waals surface area contributed by atoms with E-state index in [1.165, 1.54) is 25.7 Å². The third kappa shape index (κ3) is 7.93. The number of hydrogen-bond donors (Lipinski definition) is 2. The molecule has 1 aliphatic heterocycles. The Labute approximate surface area is 198 Å². The summed E-state index contributed by atoms with van der Waals surface area (Å²) in [6.45, 7) is 0.659. The molecule has 33 heavy (non-hydrogen) atoms. The molecule has 3 rings (SSSR count). The molecule has 2 aromatic carbocycles. The summed E-state index contributed by atoms with van der Waals surface area (Å²) in [6.07, 6.45) is 11.9. The summed E-state index contributed by atoms with van der Waals surface area (Å²) in [5, 5.41) is 12.5. The fraction of sp³-hybridized carbons (Fsp3) is 0.423. The number of benzene rings is 2. The molecular weight excluding hydrogens is 438 g/mol. The maximum atomic E-state index is 11.9. The summed E-state index contributed by atoms with van der Waals surface area (Å²) in [6, 6.07) is 11.8. The zero-order valence-electron chi connectivity index (χ0n) is 18.8. The number of hydrogen-bond acceptors (Lipinski definition) is 5. The maximum absolute atomic E-state index is 11.9. The maximum Gasteiger partial charge on any atom is 0.303 e. The number of unbranched alkanes of at least 4 members (excludes halogenated alkanes) is 8. The number of nitrogens with one attached hydrogen (secondary N) is 1. The Balaban J connectivity index is 1.41. The van der Waals surface area contributed by atoms with Gasteiger partial charge in [0.05, 0.1) is 11.5 Å². The lowest BCUT2D eigenvalue weighted by Gasteiger charge is -2.11. The fourth-order valence-corrected chi connectivity index (χ4v) is 4.58. The van der Waals surface area contributed by atoms with Crippen molar-refractivity contribution in [3.63, 3.8) is 0 Å². The Morgan fingerprint density at radius 2 is 1.52 bits per heavy atom. The number of imide groups is 1. The summed E-state index contributed by atoms with van der Waals surface area (Å²) < 4.78 is 6.07. The zero-order chi connectivity index (χ0) is 23.5. The summed E-state index contributed by atoms with van der Waals surface area (Å²) in [5.41, 5.74) is 0.883. The van der Waals surface area contributed by atoms with Gasteiger partial charge in [-0.2, -0.15) is 0 Å². The van der Waals surface area contributed by atoms with Crippen LogP contribution in [0.1, 0.15) is 69.8 Å². The average molecular weight is 470 g/mol. The molecule has 1 heterocycles. The molecule has 2 amide bonds. The molecule has 6 nitrogen and oxygen atoms in total. The summed E-state index contributed by atoms with van der Waals surface area (Å²) in [5.74, 6) is -0.227. The van der Waals surface area contributed by atoms with Crippen LogP contribution < -0.4 is 10.1 Å². The number of carboxylic acids is 1. The molecule has 176 valence electrons. The summed E-state index contributed by atoms with van der Waals surface area (Å²) >= 11 is 0.921. The van der Waals surface area contributed by atoms with Crippen molar-refractivity contribution in [1.29, 1.82) is 0 Å². The smallest absolute Gasteiger partial charge is 0.303 e. The number of carbonyl (C=O) groups excluding carboxylic acids is 2. The van der Waals surface area contributed by atoms with Crippen molar-refractivity contribution in [2.24, 2.45) is 0 Å². The lowest BCUT2D eigenvalue weighted by molar-refractivity contribution is -0.137. The molecule has 7 heteroatoms. The van der Waals surface area contributed by atoms with E-state index in [2.05, 4.69) is 5.32 Å². The van der Waals surface area contributed by atoms with Crippen LogP contribution in [0.25, 0.3) is 16.8 Å². The van der Waals surface area contributed by atoms with Gasteiger partial charge in [0, 0.05) is 11.8 Å². The van der Waals surface area contributed by atoms with Gasteiger partial charge in [0.1, 0.15) is 5.75 Å². The van der Waals surface area contributed by atoms with Crippen molar-refractivity contribution in [1.82, 2.24) is 5.32 Å². The van der Waals surface area contributed by atoms with Crippen molar-refractivity contribution in [3.05, 3.63) is 46.9 Å². The van der Waals surface area contributed by atoms with Gasteiger partial charge >= 0.3 is 5.97 Å². The van der Waals surface area contributed by atoms with Crippen LogP contribution in [0.3, 0.4) is 0 Å². The first-order chi connectivity index (χ1) is 16.0. The van der Waals surface area contributed by atoms with Gasteiger partial charge in [0.25, 0.3) is 11.1 Å². The molecule has 1 fully saturated rings. The van der Waals surface area contributed by atoms with E-state index < -0.39 is 5.97 Å². The van der Waals surface area contributed by atoms with Gasteiger partial charge < -0.3 is 9.84 Å². The standard InChI is InChI=1S/C26H31NO5S/c28-24(29)14-8-6-4-2-1-3-5-7-11-17-32-22-16-15-19(20-12-9-10-13-21(20)22)18-23-25(30)27-26(31)33-23/h9-10,12-13,15-16,18H,1-8,11,14,17H2,(H,28,29)(H,27,30,31). The van der Waals surface area contributed by atoms with Crippen molar-refractivity contribution >= 4 is 45.7 Å². The van der Waals surface area contributed by atoms with Gasteiger partial charge in [0.2, 0.25) is 0 Å². The topological polar surface area (TPSA) is 92.7 Å². The Hall–Kier alpha value is -2.80. The molecule has 0 bridgehead atoms. The third-order valence-electron chi connectivity index (χ3n) is 5.64. The van der Waals surface area contributed by atoms with E-state index in [9.17, 15) is 14.4 Å². The number of rotatable bonds is 14. The Morgan fingerprint density at radius 1 is 0.879 bits per heavy atom. The lowest BCUT2D eigenvalue weighted by Crippen LogP contribution is -2.17. The largest absolute Gasteiger partial charge is 0.493 e. The van der Waals surface area contributed by atoms with Crippen LogP contribution in [0.5, 0.6) is 5.75 Å². The molecule has 0 spiro atoms. The van der Waals surface area contributed by atoms with E-state index >= 15 is 0 Å². The third-order valence-corrected chi connectivity index (χ3v) is 6.45. The number of carbonyl (C=O) groups is 3. The second kappa shape index (κ2) is 13.0. The Morgan fingerprint density at radius 3 is 2.15 bits per heavy atom. The van der Waals surface area contributed by atoms with Crippen LogP contribution in [0, 0.1) is 0 Å². The van der Waals surface area contributed by atoms with E-state index in [-0.39, 0.29) is 17.6 Å². The number of fused-ring (bicyclic) bond motifs is 1. The zero-order valence-corrected chi connectivity index (χ0v) is 19.6. The Bertz CT molecular complexity index is 1020. The fourth-order valence-electron chi connectivity index (χ4n) is 3.91. The van der Waals surface area contributed by atoms with Gasteiger partial charge in [-0.15, -0.1) is 0 Å². The highest BCUT2D eigenvalue weighted by Crippen LogP contribution is 2.32. The van der Waals surface area contributed by atoms with E-state index in [1.807, 2.05) is 36.4 Å². The molecule has 0 saturated carbocycles. The monoisotopic (exact) mass is 469 g/mol. The van der Waals surface area contributed by atoms with Crippen LogP contribution in [0.15, 0.2) is 41.3 Å². The quantitative estimate of drug-likeness (QED) is 0.241. The molecule has 2 N–H and O–H groups in total. The first kappa shape index (κ1) is 24.8. The second-order valence-corrected chi connectivity index (χ2v) is 9.24. The van der Waals surface area contributed by atoms with E-state index in [4.69, 9.17) is 9.84 Å². The molecule has 0 aliphatic carbocycles. The predicted octanol–water partition coefficient (Wildman–Crippen LogP) is 6.53. The van der Waals surface area contributed by atoms with Crippen molar-refractivity contribution in [2.45, 2.75) is 64.2 Å². The van der Waals surface area contributed by atoms with Gasteiger partial charge in [-0.25, -0.2) is 0 Å². The van der Waals surface area contributed by atoms with E-state index in [1.54, 1.807) is 6.08 Å². The highest BCUT2D eigenvalue weighted by molar-refractivity contribution is 8.18. The first-order valence-electron chi connectivity index (χ1n) is 11.7. The van der Waals surface area contributed by atoms with Crippen LogP contribution in [0.2, 0.25) is 0 Å². The number of carboxylic acid groups (broad SMARTS) is 1. The number of amides is 2. The van der Waals surface area contributed by atoms with Crippen molar-refractivity contribution in [3.8, 4) is 5.75 Å². The highest BCUT2D eigenvalue weighted by Gasteiger charge is 2.25. The van der Waals surface area contributed by atoms with Crippen molar-refractivity contribution in [2.75, 3.05) is 6.61 Å². The molecule has 0 aromatic heterocycles. The van der Waals surface area contributed by atoms with Crippen LogP contribution in [-0.2, 0) is 9.59 Å². The molecular formula is C26H31NO5S. The van der Waals surface area contributed by atoms with Gasteiger partial charge in [-0.1, -0.05) is 75.3 Å². The number of aliphatic carboxylic acids is 1. The lowest BCUT2D eigenvalue weighted by atomic mass is 10.0. The highest BCUT2D eigenvalue weighted by atomic mass is 32.2. The minimum absolute atomic E-state index is 0.285. The van der Waals surface area contributed by atoms with Crippen molar-refractivity contribution < 1.29 is 24.2 Å². The van der Waals surface area contributed by atoms with Crippen LogP contribution in [-0.4, -0.2) is 28.8 Å². The minimum atomic E-state index is -0.701. The van der Waals surface area contributed by atoms with Gasteiger partial charge in [-0.3, -0.25) is 19.7 Å². The van der Waals surface area contributed by atoms with Crippen LogP contribution in [0.4, 0.5) is 4.79 Å². The molecule has 2 aromatic rings. The molecule has 0 atom stereocenters. The molecule has 0 unspecified atom stereocenters. The summed E-state index contributed by atoms with van der Waals surface area (Å²) in [7, 11) is 0. The van der Waals surface area contributed by atoms with Gasteiger partial charge in [0.15, 0.2) is 0 Å². The van der Waals surface area contributed by atoms with Gasteiger partial charge in [-0.05, 0) is 47.7 Å². The van der Waals surface area contributed by atoms with E-state index in [0.717, 1.165) is 66.0 Å². The second-order valence-electron chi connectivity index (χ2n) is 8.22. The SMILES string of the molecule is O=C(O)CCCCCCCCCCCOc1ccc(C=C2SC(=O)NC2=O)c2ccccc12. The number of ether oxygens (including phenoxy) is 1. The Kier molecular flexibility index (Phi) is 9.81. The predicted molar refractivity (Wildman–Crippen MR) is 132 cm³/mol. The normalized spacial score (nSPS) is 14.7. The summed E-state index contributed by atoms with van der Waals surface area (Å²) in [4.78, 5) is 34.2. The van der Waals surface area contributed by atoms with Crippen LogP contribution >= 0.6 is 11.8 Å². The average Bonchev–Trinajstić information content (AvgIpc) is 3.12. The minimum Gasteiger partial charge on any atom is -0.493 e. The molecule has 1 saturated heterocycles. The molecule has 0 radical (unpaired) electrons. The molecule has 1 aliphatic rings.